The van der Waals surface area contributed by atoms with E-state index in [1.807, 2.05) is 13.8 Å². The van der Waals surface area contributed by atoms with Crippen LogP contribution < -0.4 is 0 Å². The zero-order valence-electron chi connectivity index (χ0n) is 19.5. The van der Waals surface area contributed by atoms with Gasteiger partial charge in [-0.25, -0.2) is 4.79 Å². The highest BCUT2D eigenvalue weighted by atomic mass is 32.2. The summed E-state index contributed by atoms with van der Waals surface area (Å²) < 4.78 is 21.1. The summed E-state index contributed by atoms with van der Waals surface area (Å²) in [7, 11) is 2.56. The van der Waals surface area contributed by atoms with E-state index >= 15 is 0 Å². The lowest BCUT2D eigenvalue weighted by atomic mass is 9.80. The maximum Gasteiger partial charge on any atom is 0.338 e. The summed E-state index contributed by atoms with van der Waals surface area (Å²) >= 11 is 2.99. The monoisotopic (exact) mass is 478 g/mol. The van der Waals surface area contributed by atoms with Crippen LogP contribution in [0, 0.1) is 10.8 Å². The lowest BCUT2D eigenvalue weighted by Gasteiger charge is -2.40. The van der Waals surface area contributed by atoms with E-state index < -0.39 is 45.5 Å². The second-order valence-corrected chi connectivity index (χ2v) is 11.1. The summed E-state index contributed by atoms with van der Waals surface area (Å²) in [6, 6.07) is 0. The lowest BCUT2D eigenvalue weighted by Crippen LogP contribution is -2.50. The lowest BCUT2D eigenvalue weighted by molar-refractivity contribution is -0.152. The Morgan fingerprint density at radius 2 is 1.68 bits per heavy atom. The third-order valence-corrected chi connectivity index (χ3v) is 7.74. The summed E-state index contributed by atoms with van der Waals surface area (Å²) in [4.78, 5) is 37.5. The van der Waals surface area contributed by atoms with Crippen LogP contribution in [0.15, 0.2) is 11.3 Å². The Balaban J connectivity index is 3.84. The number of carbonyl (C=O) groups is 3. The largest absolute Gasteiger partial charge is 0.466 e. The normalized spacial score (nSPS) is 23.8. The van der Waals surface area contributed by atoms with Gasteiger partial charge < -0.3 is 24.1 Å². The van der Waals surface area contributed by atoms with Crippen molar-refractivity contribution in [1.29, 1.82) is 0 Å². The van der Waals surface area contributed by atoms with E-state index in [1.54, 1.807) is 20.8 Å². The molecule has 8 nitrogen and oxygen atoms in total. The maximum atomic E-state index is 13.0. The highest BCUT2D eigenvalue weighted by molar-refractivity contribution is 8.17. The minimum atomic E-state index is -1.41. The minimum Gasteiger partial charge on any atom is -0.466 e. The van der Waals surface area contributed by atoms with Crippen LogP contribution in [0.1, 0.15) is 41.5 Å². The molecule has 0 saturated heterocycles. The molecule has 0 fully saturated rings. The predicted octanol–water partition coefficient (Wildman–Crippen LogP) is 2.77. The van der Waals surface area contributed by atoms with Gasteiger partial charge in [-0.3, -0.25) is 9.59 Å². The number of methoxy groups -OCH3 is 2. The predicted molar refractivity (Wildman–Crippen MR) is 121 cm³/mol. The molecule has 1 rings (SSSR count). The Labute approximate surface area is 192 Å². The molecule has 1 N–H and O–H groups in total. The first-order valence-corrected chi connectivity index (χ1v) is 12.1. The third kappa shape index (κ3) is 5.97. The number of hydrogen-bond acceptors (Lipinski definition) is 10. The average Bonchev–Trinajstić information content (AvgIpc) is 2.92. The second-order valence-electron chi connectivity index (χ2n) is 8.03. The molecule has 0 heterocycles. The van der Waals surface area contributed by atoms with E-state index in [2.05, 4.69) is 0 Å². The highest BCUT2D eigenvalue weighted by Crippen LogP contribution is 2.55. The fourth-order valence-corrected chi connectivity index (χ4v) is 6.33. The summed E-state index contributed by atoms with van der Waals surface area (Å²) in [6.07, 6.45) is -2.44. The fourth-order valence-electron chi connectivity index (χ4n) is 3.28. The Morgan fingerprint density at radius 1 is 1.13 bits per heavy atom. The third-order valence-electron chi connectivity index (χ3n) is 4.81. The van der Waals surface area contributed by atoms with Gasteiger partial charge in [0.05, 0.1) is 28.1 Å². The van der Waals surface area contributed by atoms with E-state index in [9.17, 15) is 19.5 Å². The molecule has 10 heteroatoms. The number of esters is 3. The zero-order valence-corrected chi connectivity index (χ0v) is 21.1. The first kappa shape index (κ1) is 27.8. The average molecular weight is 479 g/mol. The van der Waals surface area contributed by atoms with Crippen molar-refractivity contribution >= 4 is 41.4 Å². The van der Waals surface area contributed by atoms with Crippen LogP contribution in [0.5, 0.6) is 0 Å². The standard InChI is InChI=1S/C21H34O8S2/c1-9-30-19(31-10-2)21(11-28-12(3)22)13(17(24)27-8)14(15(26-7)16(21)23)29-18(25)20(4,5)6/h15-16,19,23H,9-11H2,1-8H3/t15-,16+,21-/m0/s1. The SMILES string of the molecule is CCSC(SCC)[C@@]1(COC(C)=O)C(C(=O)OC)=C(OC(=O)C(C)(C)C)[C@H](OC)[C@H]1O. The molecule has 0 radical (unpaired) electrons. The van der Waals surface area contributed by atoms with Gasteiger partial charge in [0, 0.05) is 14.0 Å². The van der Waals surface area contributed by atoms with Crippen molar-refractivity contribution in [1.82, 2.24) is 0 Å². The smallest absolute Gasteiger partial charge is 0.338 e. The molecule has 0 amide bonds. The Bertz CT molecular complexity index is 694. The molecule has 0 aromatic rings. The van der Waals surface area contributed by atoms with Crippen molar-refractivity contribution in [3.05, 3.63) is 11.3 Å². The number of ether oxygens (including phenoxy) is 4. The number of rotatable bonds is 10. The van der Waals surface area contributed by atoms with E-state index in [1.165, 1.54) is 44.7 Å². The van der Waals surface area contributed by atoms with E-state index in [-0.39, 0.29) is 17.9 Å². The molecular weight excluding hydrogens is 444 g/mol. The molecule has 0 unspecified atom stereocenters. The van der Waals surface area contributed by atoms with Gasteiger partial charge >= 0.3 is 17.9 Å². The van der Waals surface area contributed by atoms with Crippen molar-refractivity contribution in [2.45, 2.75) is 58.3 Å². The van der Waals surface area contributed by atoms with Crippen molar-refractivity contribution < 1.29 is 38.4 Å². The molecule has 178 valence electrons. The molecule has 0 saturated carbocycles. The van der Waals surface area contributed by atoms with Crippen LogP contribution >= 0.6 is 23.5 Å². The molecule has 0 aromatic heterocycles. The van der Waals surface area contributed by atoms with Gasteiger partial charge in [0.1, 0.15) is 18.8 Å². The fraction of sp³-hybridized carbons (Fsp3) is 0.762. The van der Waals surface area contributed by atoms with Gasteiger partial charge in [-0.15, -0.1) is 23.5 Å². The molecule has 3 atom stereocenters. The number of aliphatic hydroxyl groups is 1. The molecule has 31 heavy (non-hydrogen) atoms. The van der Waals surface area contributed by atoms with Crippen LogP contribution in [0.25, 0.3) is 0 Å². The molecule has 0 spiro atoms. The quantitative estimate of drug-likeness (QED) is 0.286. The number of carbonyl (C=O) groups excluding carboxylic acids is 3. The van der Waals surface area contributed by atoms with Gasteiger partial charge in [0.2, 0.25) is 0 Å². The first-order valence-electron chi connectivity index (χ1n) is 10.0. The van der Waals surface area contributed by atoms with Gasteiger partial charge in [-0.05, 0) is 32.3 Å². The number of hydrogen-bond donors (Lipinski definition) is 1. The van der Waals surface area contributed by atoms with Crippen molar-refractivity contribution in [2.24, 2.45) is 10.8 Å². The van der Waals surface area contributed by atoms with Crippen molar-refractivity contribution in [3.8, 4) is 0 Å². The van der Waals surface area contributed by atoms with Crippen molar-refractivity contribution in [3.63, 3.8) is 0 Å². The summed E-state index contributed by atoms with van der Waals surface area (Å²) in [5.41, 5.74) is -2.32. The molecule has 1 aliphatic carbocycles. The topological polar surface area (TPSA) is 108 Å². The van der Waals surface area contributed by atoms with Gasteiger partial charge in [0.25, 0.3) is 0 Å². The van der Waals surface area contributed by atoms with Crippen LogP contribution in [-0.4, -0.2) is 72.1 Å². The summed E-state index contributed by atoms with van der Waals surface area (Å²) in [6.45, 7) is 9.88. The van der Waals surface area contributed by atoms with E-state index in [4.69, 9.17) is 18.9 Å². The summed E-state index contributed by atoms with van der Waals surface area (Å²) in [5, 5.41) is 11.5. The molecule has 0 aromatic carbocycles. The Morgan fingerprint density at radius 3 is 2.06 bits per heavy atom. The van der Waals surface area contributed by atoms with Crippen LogP contribution in [0.3, 0.4) is 0 Å². The highest BCUT2D eigenvalue weighted by Gasteiger charge is 2.63. The van der Waals surface area contributed by atoms with Gasteiger partial charge in [0.15, 0.2) is 5.76 Å². The van der Waals surface area contributed by atoms with Gasteiger partial charge in [-0.2, -0.15) is 0 Å². The second kappa shape index (κ2) is 11.6. The molecule has 1 aliphatic rings. The van der Waals surface area contributed by atoms with E-state index in [0.717, 1.165) is 0 Å². The number of thioether (sulfide) groups is 2. The first-order chi connectivity index (χ1) is 14.4. The number of aliphatic hydroxyl groups excluding tert-OH is 1. The Hall–Kier alpha value is -1.23. The Kier molecular flexibility index (Phi) is 10.4. The molecule has 0 aliphatic heterocycles. The van der Waals surface area contributed by atoms with Crippen LogP contribution in [-0.2, 0) is 33.3 Å². The van der Waals surface area contributed by atoms with Crippen molar-refractivity contribution in [2.75, 3.05) is 32.3 Å². The minimum absolute atomic E-state index is 0.0416. The van der Waals surface area contributed by atoms with Crippen LogP contribution in [0.2, 0.25) is 0 Å². The van der Waals surface area contributed by atoms with Crippen LogP contribution in [0.4, 0.5) is 0 Å². The summed E-state index contributed by atoms with van der Waals surface area (Å²) in [5.74, 6) is -0.686. The molecule has 0 bridgehead atoms. The zero-order chi connectivity index (χ0) is 24.0. The van der Waals surface area contributed by atoms with E-state index in [0.29, 0.717) is 11.5 Å². The molecular formula is C21H34O8S2. The maximum absolute atomic E-state index is 13.0. The van der Waals surface area contributed by atoms with Gasteiger partial charge in [-0.1, -0.05) is 13.8 Å².